The highest BCUT2D eigenvalue weighted by molar-refractivity contribution is 8.76. The Morgan fingerprint density at radius 3 is 2.55 bits per heavy atom. The summed E-state index contributed by atoms with van der Waals surface area (Å²) in [5.74, 6) is 2.95. The number of nitrogens with zero attached hydrogens (tertiary/aromatic N) is 5. The number of hydrogen-bond donors (Lipinski definition) is 1. The number of benzene rings is 3. The first-order valence-corrected chi connectivity index (χ1v) is 22.5. The number of piperazine rings is 1. The molecular weight excluding hydrogens is 756 g/mol. The van der Waals surface area contributed by atoms with Gasteiger partial charge in [0, 0.05) is 104 Å². The topological polar surface area (TPSA) is 102 Å². The van der Waals surface area contributed by atoms with Crippen LogP contribution in [0.5, 0.6) is 11.5 Å². The standard InChI is InChI=1S/C41H49ClN6O5S2/c1-44-16-18-46(19-17-44)38(49)10-15-47(30-11-21-54-55-27-30)41(51)53-37-24-36-39(33-7-3-2-6-32(33)37)29(25-42)26-48(36)40(50)35-23-28-22-31(8-9-34(28)43-35)52-20-5-14-45-12-4-13-45/h2-3,6-9,22-24,29-30,43H,4-5,10-21,25-27H2,1H3/t29-,30+/m1/s1. The van der Waals surface area contributed by atoms with E-state index in [2.05, 4.69) is 21.8 Å². The third kappa shape index (κ3) is 8.41. The smallest absolute Gasteiger partial charge is 0.415 e. The van der Waals surface area contributed by atoms with Gasteiger partial charge in [0.05, 0.1) is 12.3 Å². The van der Waals surface area contributed by atoms with Crippen molar-refractivity contribution in [2.75, 3.05) is 94.8 Å². The first kappa shape index (κ1) is 38.3. The fourth-order valence-corrected chi connectivity index (χ4v) is 10.8. The number of aromatic amines is 1. The van der Waals surface area contributed by atoms with Crippen molar-refractivity contribution in [3.63, 3.8) is 0 Å². The van der Waals surface area contributed by atoms with Gasteiger partial charge in [0.25, 0.3) is 5.91 Å². The molecule has 3 aromatic carbocycles. The van der Waals surface area contributed by atoms with Crippen LogP contribution in [-0.2, 0) is 4.79 Å². The molecule has 0 spiro atoms. The molecule has 4 aromatic rings. The lowest BCUT2D eigenvalue weighted by molar-refractivity contribution is -0.133. The molecule has 3 saturated heterocycles. The van der Waals surface area contributed by atoms with E-state index in [1.807, 2.05) is 59.5 Å². The number of likely N-dealkylation sites (N-methyl/N-ethyl adjacent to an activating group) is 1. The number of carbonyl (C=O) groups excluding carboxylic acids is 3. The van der Waals surface area contributed by atoms with Crippen LogP contribution in [0.4, 0.5) is 10.5 Å². The molecule has 55 heavy (non-hydrogen) atoms. The summed E-state index contributed by atoms with van der Waals surface area (Å²) in [6, 6.07) is 17.4. The monoisotopic (exact) mass is 804 g/mol. The normalized spacial score (nSPS) is 20.4. The molecule has 2 atom stereocenters. The molecule has 8 rings (SSSR count). The second-order valence-electron chi connectivity index (χ2n) is 15.0. The zero-order valence-corrected chi connectivity index (χ0v) is 33.7. The van der Waals surface area contributed by atoms with E-state index in [1.54, 1.807) is 31.4 Å². The highest BCUT2D eigenvalue weighted by atomic mass is 35.5. The van der Waals surface area contributed by atoms with Crippen LogP contribution in [0.2, 0.25) is 0 Å². The van der Waals surface area contributed by atoms with E-state index in [0.717, 1.165) is 77.0 Å². The van der Waals surface area contributed by atoms with Crippen molar-refractivity contribution >= 4 is 78.5 Å². The minimum atomic E-state index is -0.479. The van der Waals surface area contributed by atoms with E-state index in [0.29, 0.717) is 49.3 Å². The SMILES string of the molecule is CN1CCN(C(=O)CCN(C(=O)Oc2cc3c(c4ccccc24)[C@H](CCl)CN3C(=O)c2cc3cc(OCCCN4CCC4)ccc3[nH]2)[C@H]2CCSSC2)CC1. The van der Waals surface area contributed by atoms with Crippen molar-refractivity contribution in [1.82, 2.24) is 24.6 Å². The Hall–Kier alpha value is -3.62. The number of likely N-dealkylation sites (tertiary alicyclic amines) is 1. The third-order valence-corrected chi connectivity index (χ3v) is 14.3. The third-order valence-electron chi connectivity index (χ3n) is 11.4. The second-order valence-corrected chi connectivity index (χ2v) is 17.9. The number of alkyl halides is 1. The molecule has 4 aliphatic heterocycles. The molecule has 0 saturated carbocycles. The molecule has 1 aromatic heterocycles. The number of rotatable bonds is 12. The highest BCUT2D eigenvalue weighted by Crippen LogP contribution is 2.46. The molecule has 0 bridgehead atoms. The Morgan fingerprint density at radius 1 is 0.982 bits per heavy atom. The number of halogens is 1. The maximum atomic E-state index is 14.4. The van der Waals surface area contributed by atoms with Crippen LogP contribution in [0.1, 0.15) is 47.7 Å². The molecule has 3 amide bonds. The van der Waals surface area contributed by atoms with Gasteiger partial charge in [-0.3, -0.25) is 9.59 Å². The summed E-state index contributed by atoms with van der Waals surface area (Å²) in [6.07, 6.45) is 2.86. The molecule has 0 unspecified atom stereocenters. The zero-order chi connectivity index (χ0) is 37.9. The molecule has 11 nitrogen and oxygen atoms in total. The fourth-order valence-electron chi connectivity index (χ4n) is 8.06. The average Bonchev–Trinajstić information content (AvgIpc) is 3.79. The van der Waals surface area contributed by atoms with Gasteiger partial charge < -0.3 is 39.0 Å². The number of aromatic nitrogens is 1. The molecule has 292 valence electrons. The summed E-state index contributed by atoms with van der Waals surface area (Å²) in [7, 11) is 5.62. The maximum absolute atomic E-state index is 14.4. The van der Waals surface area contributed by atoms with Crippen molar-refractivity contribution in [2.24, 2.45) is 0 Å². The van der Waals surface area contributed by atoms with Gasteiger partial charge >= 0.3 is 6.09 Å². The Bertz CT molecular complexity index is 2030. The largest absolute Gasteiger partial charge is 0.494 e. The van der Waals surface area contributed by atoms with E-state index < -0.39 is 6.09 Å². The lowest BCUT2D eigenvalue weighted by Gasteiger charge is -2.35. The van der Waals surface area contributed by atoms with E-state index in [-0.39, 0.29) is 36.7 Å². The molecule has 0 aliphatic carbocycles. The number of ether oxygens (including phenoxy) is 2. The Labute approximate surface area is 335 Å². The first-order chi connectivity index (χ1) is 26.9. The lowest BCUT2D eigenvalue weighted by atomic mass is 9.95. The van der Waals surface area contributed by atoms with Crippen LogP contribution in [0, 0.1) is 0 Å². The van der Waals surface area contributed by atoms with Crippen molar-refractivity contribution < 1.29 is 23.9 Å². The zero-order valence-electron chi connectivity index (χ0n) is 31.3. The molecule has 0 radical (unpaired) electrons. The molecule has 14 heteroatoms. The summed E-state index contributed by atoms with van der Waals surface area (Å²) in [5.41, 5.74) is 2.97. The van der Waals surface area contributed by atoms with Crippen molar-refractivity contribution in [3.05, 3.63) is 65.9 Å². The van der Waals surface area contributed by atoms with Gasteiger partial charge in [-0.2, -0.15) is 0 Å². The van der Waals surface area contributed by atoms with Crippen LogP contribution >= 0.6 is 33.2 Å². The van der Waals surface area contributed by atoms with Gasteiger partial charge in [-0.15, -0.1) is 11.6 Å². The number of carbonyl (C=O) groups is 3. The minimum absolute atomic E-state index is 0.0447. The van der Waals surface area contributed by atoms with E-state index in [4.69, 9.17) is 21.1 Å². The Morgan fingerprint density at radius 2 is 1.80 bits per heavy atom. The van der Waals surface area contributed by atoms with Crippen molar-refractivity contribution in [1.29, 1.82) is 0 Å². The quantitative estimate of drug-likeness (QED) is 0.0932. The predicted molar refractivity (Wildman–Crippen MR) is 223 cm³/mol. The summed E-state index contributed by atoms with van der Waals surface area (Å²) < 4.78 is 12.4. The van der Waals surface area contributed by atoms with Crippen LogP contribution < -0.4 is 14.4 Å². The Kier molecular flexibility index (Phi) is 12.0. The van der Waals surface area contributed by atoms with Crippen molar-refractivity contribution in [2.45, 2.75) is 37.6 Å². The summed E-state index contributed by atoms with van der Waals surface area (Å²) in [6.45, 7) is 7.83. The van der Waals surface area contributed by atoms with E-state index in [1.165, 1.54) is 19.5 Å². The predicted octanol–water partition coefficient (Wildman–Crippen LogP) is 6.90. The maximum Gasteiger partial charge on any atom is 0.415 e. The van der Waals surface area contributed by atoms with E-state index in [9.17, 15) is 14.4 Å². The number of anilines is 1. The number of fused-ring (bicyclic) bond motifs is 4. The van der Waals surface area contributed by atoms with Gasteiger partial charge in [0.15, 0.2) is 0 Å². The van der Waals surface area contributed by atoms with Crippen LogP contribution in [0.15, 0.2) is 54.6 Å². The molecule has 5 heterocycles. The number of nitrogens with one attached hydrogen (secondary N) is 1. The summed E-state index contributed by atoms with van der Waals surface area (Å²) in [5, 5.41) is 2.58. The van der Waals surface area contributed by atoms with Gasteiger partial charge in [0.2, 0.25) is 5.91 Å². The second kappa shape index (κ2) is 17.3. The van der Waals surface area contributed by atoms with Gasteiger partial charge in [0.1, 0.15) is 17.2 Å². The minimum Gasteiger partial charge on any atom is -0.494 e. The van der Waals surface area contributed by atoms with Gasteiger partial charge in [-0.05, 0) is 74.6 Å². The Balaban J connectivity index is 1.03. The highest BCUT2D eigenvalue weighted by Gasteiger charge is 2.37. The van der Waals surface area contributed by atoms with Crippen LogP contribution in [-0.4, -0.2) is 138 Å². The van der Waals surface area contributed by atoms with Gasteiger partial charge in [-0.25, -0.2) is 4.79 Å². The first-order valence-electron chi connectivity index (χ1n) is 19.5. The molecule has 1 N–H and O–H groups in total. The van der Waals surface area contributed by atoms with Crippen molar-refractivity contribution in [3.8, 4) is 11.5 Å². The number of amides is 3. The average molecular weight is 805 g/mol. The molecular formula is C41H49ClN6O5S2. The van der Waals surface area contributed by atoms with E-state index >= 15 is 0 Å². The van der Waals surface area contributed by atoms with Crippen LogP contribution in [0.3, 0.4) is 0 Å². The fraction of sp³-hybridized carbons (Fsp3) is 0.488. The molecule has 4 aliphatic rings. The lowest BCUT2D eigenvalue weighted by Crippen LogP contribution is -2.49. The summed E-state index contributed by atoms with van der Waals surface area (Å²) >= 11 is 6.60. The molecule has 3 fully saturated rings. The summed E-state index contributed by atoms with van der Waals surface area (Å²) in [4.78, 5) is 55.3. The van der Waals surface area contributed by atoms with Gasteiger partial charge in [-0.1, -0.05) is 45.9 Å². The van der Waals surface area contributed by atoms with Crippen LogP contribution in [0.25, 0.3) is 21.7 Å². The number of hydrogen-bond acceptors (Lipinski definition) is 9. The number of H-pyrrole nitrogens is 1.